The van der Waals surface area contributed by atoms with Crippen molar-refractivity contribution in [2.45, 2.75) is 47.0 Å². The smallest absolute Gasteiger partial charge is 0.222 e. The summed E-state index contributed by atoms with van der Waals surface area (Å²) in [6, 6.07) is 0. The van der Waals surface area contributed by atoms with Crippen LogP contribution in [0.1, 0.15) is 47.0 Å². The molecule has 0 bridgehead atoms. The highest BCUT2D eigenvalue weighted by molar-refractivity contribution is 7.88. The topological polar surface area (TPSA) is 66.5 Å². The summed E-state index contributed by atoms with van der Waals surface area (Å²) in [5.41, 5.74) is -0.0524. The van der Waals surface area contributed by atoms with Crippen molar-refractivity contribution in [1.29, 1.82) is 0 Å². The molecule has 2 rings (SSSR count). The summed E-state index contributed by atoms with van der Waals surface area (Å²) in [4.78, 5) is 12.3. The summed E-state index contributed by atoms with van der Waals surface area (Å²) in [7, 11) is -1.47. The quantitative estimate of drug-likeness (QED) is 0.762. The molecule has 148 valence electrons. The molecule has 1 aliphatic heterocycles. The third-order valence-electron chi connectivity index (χ3n) is 5.72. The first kappa shape index (κ1) is 21.2. The molecular weight excluding hydrogens is 348 g/mol. The van der Waals surface area contributed by atoms with Crippen LogP contribution in [-0.4, -0.2) is 45.0 Å². The van der Waals surface area contributed by atoms with Crippen LogP contribution in [0.2, 0.25) is 0 Å². The summed E-state index contributed by atoms with van der Waals surface area (Å²) in [6.07, 6.45) is 3.88. The molecule has 1 aliphatic carbocycles. The lowest BCUT2D eigenvalue weighted by Gasteiger charge is -2.36. The standard InChI is InChI=1S/C20H34N2O3S/c1-14-12-22(26(6,24)25)13-18(14)16-9-15(7-8-20(2,3)4)10-17(11-16)19(23)21-5/h14-18H,9-13H2,1-6H3,(H,21,23)/t14-,15?,16?,17?,18-/m1/s1. The fourth-order valence-electron chi connectivity index (χ4n) is 4.40. The van der Waals surface area contributed by atoms with Gasteiger partial charge < -0.3 is 5.32 Å². The Labute approximate surface area is 159 Å². The largest absolute Gasteiger partial charge is 0.359 e. The summed E-state index contributed by atoms with van der Waals surface area (Å²) in [6.45, 7) is 9.58. The number of hydrogen-bond acceptors (Lipinski definition) is 3. The van der Waals surface area contributed by atoms with Crippen LogP contribution in [0.4, 0.5) is 0 Å². The van der Waals surface area contributed by atoms with Gasteiger partial charge in [0.05, 0.1) is 6.26 Å². The molecule has 1 saturated carbocycles. The second-order valence-electron chi connectivity index (χ2n) is 9.22. The highest BCUT2D eigenvalue weighted by Crippen LogP contribution is 2.43. The Hall–Kier alpha value is -1.06. The summed E-state index contributed by atoms with van der Waals surface area (Å²) in [5, 5.41) is 2.79. The number of amides is 1. The maximum Gasteiger partial charge on any atom is 0.222 e. The average Bonchev–Trinajstić information content (AvgIpc) is 2.93. The van der Waals surface area contributed by atoms with E-state index in [0.29, 0.717) is 30.8 Å². The van der Waals surface area contributed by atoms with Crippen LogP contribution in [0.3, 0.4) is 0 Å². The van der Waals surface area contributed by atoms with E-state index in [2.05, 4.69) is 44.9 Å². The van der Waals surface area contributed by atoms with E-state index in [9.17, 15) is 13.2 Å². The molecule has 0 aromatic heterocycles. The van der Waals surface area contributed by atoms with Gasteiger partial charge in [-0.15, -0.1) is 0 Å². The third-order valence-corrected chi connectivity index (χ3v) is 6.96. The van der Waals surface area contributed by atoms with Gasteiger partial charge in [-0.3, -0.25) is 4.79 Å². The Morgan fingerprint density at radius 2 is 1.81 bits per heavy atom. The van der Waals surface area contributed by atoms with Gasteiger partial charge in [0, 0.05) is 37.4 Å². The highest BCUT2D eigenvalue weighted by Gasteiger charge is 2.43. The molecule has 3 unspecified atom stereocenters. The van der Waals surface area contributed by atoms with E-state index in [4.69, 9.17) is 0 Å². The molecular formula is C20H34N2O3S. The van der Waals surface area contributed by atoms with Crippen molar-refractivity contribution in [3.05, 3.63) is 0 Å². The maximum atomic E-state index is 12.3. The number of rotatable bonds is 3. The Morgan fingerprint density at radius 3 is 2.31 bits per heavy atom. The average molecular weight is 383 g/mol. The van der Waals surface area contributed by atoms with Crippen LogP contribution in [0.5, 0.6) is 0 Å². The van der Waals surface area contributed by atoms with Gasteiger partial charge in [-0.1, -0.05) is 18.8 Å². The van der Waals surface area contributed by atoms with E-state index in [0.717, 1.165) is 19.3 Å². The fourth-order valence-corrected chi connectivity index (χ4v) is 5.35. The molecule has 5 atom stereocenters. The zero-order valence-electron chi connectivity index (χ0n) is 17.0. The van der Waals surface area contributed by atoms with Crippen LogP contribution >= 0.6 is 0 Å². The van der Waals surface area contributed by atoms with Gasteiger partial charge in [-0.05, 0) is 57.8 Å². The van der Waals surface area contributed by atoms with Crippen molar-refractivity contribution in [3.63, 3.8) is 0 Å². The Morgan fingerprint density at radius 1 is 1.15 bits per heavy atom. The van der Waals surface area contributed by atoms with Gasteiger partial charge in [0.1, 0.15) is 0 Å². The van der Waals surface area contributed by atoms with Crippen molar-refractivity contribution in [2.24, 2.45) is 35.0 Å². The number of carbonyl (C=O) groups excluding carboxylic acids is 1. The van der Waals surface area contributed by atoms with Crippen molar-refractivity contribution in [1.82, 2.24) is 9.62 Å². The van der Waals surface area contributed by atoms with E-state index < -0.39 is 10.0 Å². The molecule has 1 saturated heterocycles. The first-order valence-electron chi connectivity index (χ1n) is 9.60. The number of nitrogens with zero attached hydrogens (tertiary/aromatic N) is 1. The van der Waals surface area contributed by atoms with Gasteiger partial charge in [-0.25, -0.2) is 12.7 Å². The first-order valence-corrected chi connectivity index (χ1v) is 11.4. The van der Waals surface area contributed by atoms with E-state index in [1.54, 1.807) is 11.4 Å². The van der Waals surface area contributed by atoms with Crippen LogP contribution in [0, 0.1) is 46.8 Å². The van der Waals surface area contributed by atoms with Crippen molar-refractivity contribution >= 4 is 15.9 Å². The number of carbonyl (C=O) groups is 1. The second kappa shape index (κ2) is 7.90. The first-order chi connectivity index (χ1) is 11.9. The summed E-state index contributed by atoms with van der Waals surface area (Å²) >= 11 is 0. The normalized spacial score (nSPS) is 33.4. The lowest BCUT2D eigenvalue weighted by Crippen LogP contribution is -2.38. The SMILES string of the molecule is CNC(=O)C1CC(C#CC(C)(C)C)CC([C@@H]2CN(S(C)(=O)=O)C[C@H]2C)C1. The van der Waals surface area contributed by atoms with Crippen LogP contribution in [-0.2, 0) is 14.8 Å². The molecule has 1 N–H and O–H groups in total. The summed E-state index contributed by atoms with van der Waals surface area (Å²) in [5.74, 6) is 7.97. The molecule has 2 aliphatic rings. The monoisotopic (exact) mass is 382 g/mol. The molecule has 6 heteroatoms. The van der Waals surface area contributed by atoms with E-state index in [1.165, 1.54) is 6.26 Å². The van der Waals surface area contributed by atoms with Crippen LogP contribution in [0.25, 0.3) is 0 Å². The highest BCUT2D eigenvalue weighted by atomic mass is 32.2. The molecule has 0 radical (unpaired) electrons. The third kappa shape index (κ3) is 5.47. The number of nitrogens with one attached hydrogen (secondary N) is 1. The minimum absolute atomic E-state index is 0.0301. The Bertz CT molecular complexity index is 684. The van der Waals surface area contributed by atoms with Crippen molar-refractivity contribution in [2.75, 3.05) is 26.4 Å². The Balaban J connectivity index is 2.20. The van der Waals surface area contributed by atoms with Crippen molar-refractivity contribution < 1.29 is 13.2 Å². The minimum Gasteiger partial charge on any atom is -0.359 e. The van der Waals surface area contributed by atoms with Crippen LogP contribution in [0.15, 0.2) is 0 Å². The molecule has 26 heavy (non-hydrogen) atoms. The van der Waals surface area contributed by atoms with E-state index >= 15 is 0 Å². The predicted molar refractivity (Wildman–Crippen MR) is 105 cm³/mol. The molecule has 0 aromatic rings. The Kier molecular flexibility index (Phi) is 6.45. The predicted octanol–water partition coefficient (Wildman–Crippen LogP) is 2.34. The molecule has 0 spiro atoms. The van der Waals surface area contributed by atoms with E-state index in [1.807, 2.05) is 0 Å². The van der Waals surface area contributed by atoms with Crippen molar-refractivity contribution in [3.8, 4) is 11.8 Å². The van der Waals surface area contributed by atoms with E-state index in [-0.39, 0.29) is 23.2 Å². The molecule has 1 heterocycles. The molecule has 0 aromatic carbocycles. The summed E-state index contributed by atoms with van der Waals surface area (Å²) < 4.78 is 25.5. The number of hydrogen-bond donors (Lipinski definition) is 1. The molecule has 2 fully saturated rings. The molecule has 5 nitrogen and oxygen atoms in total. The van der Waals surface area contributed by atoms with Gasteiger partial charge in [0.25, 0.3) is 0 Å². The molecule has 1 amide bonds. The van der Waals surface area contributed by atoms with Gasteiger partial charge in [0.2, 0.25) is 15.9 Å². The van der Waals surface area contributed by atoms with Crippen LogP contribution < -0.4 is 5.32 Å². The minimum atomic E-state index is -3.16. The fraction of sp³-hybridized carbons (Fsp3) is 0.850. The van der Waals surface area contributed by atoms with Gasteiger partial charge >= 0.3 is 0 Å². The zero-order valence-corrected chi connectivity index (χ0v) is 17.8. The van der Waals surface area contributed by atoms with Gasteiger partial charge in [-0.2, -0.15) is 0 Å². The number of sulfonamides is 1. The maximum absolute atomic E-state index is 12.3. The lowest BCUT2D eigenvalue weighted by atomic mass is 9.68. The van der Waals surface area contributed by atoms with Gasteiger partial charge in [0.15, 0.2) is 0 Å². The second-order valence-corrected chi connectivity index (χ2v) is 11.2. The zero-order chi connectivity index (χ0) is 19.7. The lowest BCUT2D eigenvalue weighted by molar-refractivity contribution is -0.126.